The molecular weight excluding hydrogens is 288 g/mol. The van der Waals surface area contributed by atoms with Gasteiger partial charge in [0, 0.05) is 31.4 Å². The van der Waals surface area contributed by atoms with Crippen LogP contribution < -0.4 is 0 Å². The van der Waals surface area contributed by atoms with E-state index in [-0.39, 0.29) is 23.8 Å². The van der Waals surface area contributed by atoms with Crippen LogP contribution >= 0.6 is 11.3 Å². The van der Waals surface area contributed by atoms with Crippen LogP contribution in [0.5, 0.6) is 0 Å². The maximum atomic E-state index is 12.8. The molecule has 0 unspecified atom stereocenters. The summed E-state index contributed by atoms with van der Waals surface area (Å²) in [6, 6.07) is 3.87. The Kier molecular flexibility index (Phi) is 4.26. The van der Waals surface area contributed by atoms with Crippen LogP contribution in [0, 0.1) is 5.92 Å². The maximum absolute atomic E-state index is 12.8. The van der Waals surface area contributed by atoms with E-state index in [1.807, 2.05) is 29.5 Å². The summed E-state index contributed by atoms with van der Waals surface area (Å²) in [5.74, 6) is 0.153. The van der Waals surface area contributed by atoms with Crippen molar-refractivity contribution in [3.63, 3.8) is 0 Å². The molecule has 0 saturated carbocycles. The molecule has 0 N–H and O–H groups in total. The Morgan fingerprint density at radius 1 is 1.38 bits per heavy atom. The van der Waals surface area contributed by atoms with Crippen molar-refractivity contribution in [1.82, 2.24) is 9.80 Å². The van der Waals surface area contributed by atoms with Gasteiger partial charge in [-0.3, -0.25) is 9.59 Å². The first-order valence-corrected chi connectivity index (χ1v) is 8.22. The van der Waals surface area contributed by atoms with Crippen LogP contribution in [0.15, 0.2) is 17.5 Å². The van der Waals surface area contributed by atoms with Gasteiger partial charge in [-0.1, -0.05) is 6.07 Å². The number of ether oxygens (including phenoxy) is 1. The van der Waals surface area contributed by atoms with Crippen molar-refractivity contribution < 1.29 is 14.3 Å². The molecule has 2 saturated heterocycles. The molecule has 1 aromatic rings. The molecule has 2 atom stereocenters. The van der Waals surface area contributed by atoms with Crippen LogP contribution in [0.1, 0.15) is 23.8 Å². The Balaban J connectivity index is 1.84. The summed E-state index contributed by atoms with van der Waals surface area (Å²) in [6.45, 7) is 2.53. The molecule has 3 heterocycles. The van der Waals surface area contributed by atoms with Crippen LogP contribution in [0.4, 0.5) is 0 Å². The van der Waals surface area contributed by atoms with E-state index in [4.69, 9.17) is 4.74 Å². The minimum atomic E-state index is -0.135. The highest BCUT2D eigenvalue weighted by molar-refractivity contribution is 7.10. The second-order valence-electron chi connectivity index (χ2n) is 5.55. The molecule has 0 bridgehead atoms. The van der Waals surface area contributed by atoms with Gasteiger partial charge in [-0.15, -0.1) is 11.3 Å². The number of rotatable bonds is 2. The number of likely N-dealkylation sites (tertiary alicyclic amines) is 1. The number of amides is 2. The van der Waals surface area contributed by atoms with Crippen molar-refractivity contribution in [3.05, 3.63) is 22.4 Å². The number of hydrogen-bond donors (Lipinski definition) is 0. The van der Waals surface area contributed by atoms with Crippen molar-refractivity contribution >= 4 is 23.2 Å². The van der Waals surface area contributed by atoms with Crippen LogP contribution in [0.25, 0.3) is 0 Å². The highest BCUT2D eigenvalue weighted by atomic mass is 32.1. The lowest BCUT2D eigenvalue weighted by Crippen LogP contribution is -2.50. The largest absolute Gasteiger partial charge is 0.378 e. The minimum Gasteiger partial charge on any atom is -0.378 e. The fourth-order valence-electron chi connectivity index (χ4n) is 3.16. The van der Waals surface area contributed by atoms with Crippen molar-refractivity contribution in [1.29, 1.82) is 0 Å². The lowest BCUT2D eigenvalue weighted by Gasteiger charge is -2.40. The van der Waals surface area contributed by atoms with Crippen molar-refractivity contribution in [2.45, 2.75) is 18.9 Å². The number of carbonyl (C=O) groups excluding carboxylic acids is 2. The number of morpholine rings is 1. The minimum absolute atomic E-state index is 0.124. The molecule has 1 aromatic heterocycles. The Labute approximate surface area is 128 Å². The maximum Gasteiger partial charge on any atom is 0.228 e. The number of carbonyl (C=O) groups is 2. The molecule has 2 aliphatic heterocycles. The van der Waals surface area contributed by atoms with Crippen LogP contribution in [-0.4, -0.2) is 55.0 Å². The molecule has 0 aromatic carbocycles. The Morgan fingerprint density at radius 2 is 2.14 bits per heavy atom. The van der Waals surface area contributed by atoms with E-state index in [0.717, 1.165) is 4.88 Å². The summed E-state index contributed by atoms with van der Waals surface area (Å²) in [5, 5.41) is 2.00. The standard InChI is InChI=1S/C15H20N2O3S/c1-16-13(18)5-4-11(14(16)12-3-2-10-21-12)15(19)17-6-8-20-9-7-17/h2-3,10-11,14H,4-9H2,1H3/t11-,14-/m0/s1. The van der Waals surface area contributed by atoms with E-state index in [9.17, 15) is 9.59 Å². The molecule has 0 radical (unpaired) electrons. The first-order chi connectivity index (χ1) is 10.2. The summed E-state index contributed by atoms with van der Waals surface area (Å²) in [4.78, 5) is 29.6. The average Bonchev–Trinajstić information content (AvgIpc) is 3.04. The second-order valence-corrected chi connectivity index (χ2v) is 6.53. The molecule has 5 nitrogen and oxygen atoms in total. The predicted molar refractivity (Wildman–Crippen MR) is 80.0 cm³/mol. The lowest BCUT2D eigenvalue weighted by atomic mass is 9.86. The first-order valence-electron chi connectivity index (χ1n) is 7.34. The van der Waals surface area contributed by atoms with E-state index >= 15 is 0 Å². The zero-order valence-corrected chi connectivity index (χ0v) is 13.0. The van der Waals surface area contributed by atoms with Gasteiger partial charge in [0.2, 0.25) is 11.8 Å². The predicted octanol–water partition coefficient (Wildman–Crippen LogP) is 1.52. The van der Waals surface area contributed by atoms with Crippen LogP contribution in [-0.2, 0) is 14.3 Å². The summed E-state index contributed by atoms with van der Waals surface area (Å²) < 4.78 is 5.32. The highest BCUT2D eigenvalue weighted by Gasteiger charge is 2.41. The molecule has 3 rings (SSSR count). The van der Waals surface area contributed by atoms with Gasteiger partial charge < -0.3 is 14.5 Å². The number of thiophene rings is 1. The summed E-state index contributed by atoms with van der Waals surface area (Å²) in [7, 11) is 1.81. The molecule has 2 fully saturated rings. The summed E-state index contributed by atoms with van der Waals surface area (Å²) in [5.41, 5.74) is 0. The second kappa shape index (κ2) is 6.15. The monoisotopic (exact) mass is 308 g/mol. The van der Waals surface area contributed by atoms with Gasteiger partial charge in [0.1, 0.15) is 0 Å². The molecule has 6 heteroatoms. The normalized spacial score (nSPS) is 27.0. The van der Waals surface area contributed by atoms with Crippen molar-refractivity contribution in [2.24, 2.45) is 5.92 Å². The molecule has 0 aliphatic carbocycles. The smallest absolute Gasteiger partial charge is 0.228 e. The van der Waals surface area contributed by atoms with E-state index < -0.39 is 0 Å². The van der Waals surface area contributed by atoms with Gasteiger partial charge in [-0.25, -0.2) is 0 Å². The first kappa shape index (κ1) is 14.5. The zero-order valence-electron chi connectivity index (χ0n) is 12.2. The van der Waals surface area contributed by atoms with E-state index in [2.05, 4.69) is 0 Å². The zero-order chi connectivity index (χ0) is 14.8. The van der Waals surface area contributed by atoms with Gasteiger partial charge in [0.25, 0.3) is 0 Å². The molecule has 114 valence electrons. The number of piperidine rings is 1. The van der Waals surface area contributed by atoms with Crippen LogP contribution in [0.2, 0.25) is 0 Å². The van der Waals surface area contributed by atoms with Gasteiger partial charge in [0.05, 0.1) is 25.2 Å². The van der Waals surface area contributed by atoms with Crippen LogP contribution in [0.3, 0.4) is 0 Å². The molecule has 0 spiro atoms. The van der Waals surface area contributed by atoms with Gasteiger partial charge in [-0.05, 0) is 17.9 Å². The summed E-state index contributed by atoms with van der Waals surface area (Å²) in [6.07, 6.45) is 1.10. The third-order valence-corrected chi connectivity index (χ3v) is 5.28. The number of nitrogens with zero attached hydrogens (tertiary/aromatic N) is 2. The average molecular weight is 308 g/mol. The SMILES string of the molecule is CN1C(=O)CC[C@H](C(=O)N2CCOCC2)[C@H]1c1cccs1. The van der Waals surface area contributed by atoms with E-state index in [1.165, 1.54) is 0 Å². The quantitative estimate of drug-likeness (QED) is 0.832. The van der Waals surface area contributed by atoms with Gasteiger partial charge in [-0.2, -0.15) is 0 Å². The van der Waals surface area contributed by atoms with Gasteiger partial charge >= 0.3 is 0 Å². The highest BCUT2D eigenvalue weighted by Crippen LogP contribution is 2.38. The molecule has 21 heavy (non-hydrogen) atoms. The van der Waals surface area contributed by atoms with Crippen molar-refractivity contribution in [3.8, 4) is 0 Å². The molecule has 2 amide bonds. The Hall–Kier alpha value is -1.40. The third kappa shape index (κ3) is 2.82. The van der Waals surface area contributed by atoms with Gasteiger partial charge in [0.15, 0.2) is 0 Å². The fraction of sp³-hybridized carbons (Fsp3) is 0.600. The lowest BCUT2D eigenvalue weighted by molar-refractivity contribution is -0.149. The number of hydrogen-bond acceptors (Lipinski definition) is 4. The third-order valence-electron chi connectivity index (χ3n) is 4.34. The van der Waals surface area contributed by atoms with E-state index in [0.29, 0.717) is 39.1 Å². The van der Waals surface area contributed by atoms with Crippen molar-refractivity contribution in [2.75, 3.05) is 33.4 Å². The molecular formula is C15H20N2O3S. The Morgan fingerprint density at radius 3 is 2.81 bits per heavy atom. The van der Waals surface area contributed by atoms with E-state index in [1.54, 1.807) is 16.2 Å². The Bertz CT molecular complexity index is 511. The topological polar surface area (TPSA) is 49.9 Å². The summed E-state index contributed by atoms with van der Waals surface area (Å²) >= 11 is 1.61. The fourth-order valence-corrected chi connectivity index (χ4v) is 4.10. The molecule has 2 aliphatic rings.